The van der Waals surface area contributed by atoms with E-state index in [2.05, 4.69) is 30.3 Å². The Labute approximate surface area is 200 Å². The van der Waals surface area contributed by atoms with Crippen molar-refractivity contribution >= 4 is 17.3 Å². The Bertz CT molecular complexity index is 1200. The highest BCUT2D eigenvalue weighted by Crippen LogP contribution is 2.32. The third-order valence-corrected chi connectivity index (χ3v) is 5.81. The van der Waals surface area contributed by atoms with Gasteiger partial charge in [0.05, 0.1) is 32.2 Å². The Morgan fingerprint density at radius 1 is 1.03 bits per heavy atom. The number of benzene rings is 3. The number of ether oxygens (including phenoxy) is 3. The molecule has 3 aromatic rings. The lowest BCUT2D eigenvalue weighted by atomic mass is 9.98. The van der Waals surface area contributed by atoms with Gasteiger partial charge in [-0.3, -0.25) is 5.01 Å². The molecule has 174 valence electrons. The lowest BCUT2D eigenvalue weighted by Crippen LogP contribution is -2.13. The largest absolute Gasteiger partial charge is 0.503 e. The van der Waals surface area contributed by atoms with Crippen LogP contribution in [-0.4, -0.2) is 38.0 Å². The first-order valence-electron chi connectivity index (χ1n) is 11.1. The zero-order valence-electron chi connectivity index (χ0n) is 19.6. The Hall–Kier alpha value is -4.06. The van der Waals surface area contributed by atoms with Gasteiger partial charge in [0, 0.05) is 19.0 Å². The summed E-state index contributed by atoms with van der Waals surface area (Å²) in [7, 11) is 4.86. The van der Waals surface area contributed by atoms with Gasteiger partial charge in [-0.15, -0.1) is 0 Å². The fraction of sp³-hybridized carbons (Fsp3) is 0.214. The van der Waals surface area contributed by atoms with Crippen LogP contribution in [0.1, 0.15) is 34.7 Å². The van der Waals surface area contributed by atoms with E-state index in [-0.39, 0.29) is 12.6 Å². The van der Waals surface area contributed by atoms with Crippen molar-refractivity contribution in [2.24, 2.45) is 5.10 Å². The summed E-state index contributed by atoms with van der Waals surface area (Å²) in [6, 6.07) is 26.1. The third-order valence-electron chi connectivity index (χ3n) is 5.81. The van der Waals surface area contributed by atoms with E-state index in [4.69, 9.17) is 19.3 Å². The van der Waals surface area contributed by atoms with E-state index in [0.29, 0.717) is 11.1 Å². The lowest BCUT2D eigenvalue weighted by Gasteiger charge is -2.18. The van der Waals surface area contributed by atoms with Crippen LogP contribution in [0, 0.1) is 0 Å². The van der Waals surface area contributed by atoms with Crippen LogP contribution in [0.2, 0.25) is 0 Å². The van der Waals surface area contributed by atoms with Gasteiger partial charge in [0.1, 0.15) is 17.9 Å². The Morgan fingerprint density at radius 3 is 2.56 bits per heavy atom. The van der Waals surface area contributed by atoms with Crippen LogP contribution >= 0.6 is 0 Å². The summed E-state index contributed by atoms with van der Waals surface area (Å²) in [5.41, 5.74) is 5.21. The van der Waals surface area contributed by atoms with Gasteiger partial charge < -0.3 is 14.2 Å². The quantitative estimate of drug-likeness (QED) is 0.265. The van der Waals surface area contributed by atoms with Crippen molar-refractivity contribution in [1.82, 2.24) is 5.01 Å². The first-order valence-corrected chi connectivity index (χ1v) is 11.1. The summed E-state index contributed by atoms with van der Waals surface area (Å²) < 4.78 is 16.1. The Balaban J connectivity index is 1.50. The molecule has 0 N–H and O–H groups in total. The molecule has 6 nitrogen and oxygen atoms in total. The summed E-state index contributed by atoms with van der Waals surface area (Å²) >= 11 is 0. The van der Waals surface area contributed by atoms with Crippen molar-refractivity contribution in [3.63, 3.8) is 0 Å². The first kappa shape index (κ1) is 23.1. The molecule has 0 fully saturated rings. The van der Waals surface area contributed by atoms with Crippen LogP contribution in [0.4, 0.5) is 0 Å². The maximum atomic E-state index is 12.2. The molecule has 1 heterocycles. The maximum absolute atomic E-state index is 12.2. The van der Waals surface area contributed by atoms with Crippen molar-refractivity contribution in [2.45, 2.75) is 19.1 Å². The smallest absolute Gasteiger partial charge is 0.341 e. The normalized spacial score (nSPS) is 15.6. The van der Waals surface area contributed by atoms with Gasteiger partial charge in [0.25, 0.3) is 0 Å². The summed E-state index contributed by atoms with van der Waals surface area (Å²) in [5.74, 6) is 0.267. The fourth-order valence-electron chi connectivity index (χ4n) is 4.09. The number of carbonyl (C=O) groups excluding carboxylic acids is 1. The standard InChI is InChI=1S/C28H28N2O4/c1-30-27(20-10-5-4-6-11-20)17-26(29-30)21-13-9-14-23(16-21)34-18-22-12-7-8-15-24(22)25(19-32-2)28(31)33-3/h4-16,19,27H,17-18H2,1-3H3. The van der Waals surface area contributed by atoms with Crippen LogP contribution in [-0.2, 0) is 20.9 Å². The fourth-order valence-corrected chi connectivity index (χ4v) is 4.09. The van der Waals surface area contributed by atoms with E-state index >= 15 is 0 Å². The van der Waals surface area contributed by atoms with E-state index in [1.54, 1.807) is 0 Å². The second-order valence-electron chi connectivity index (χ2n) is 7.98. The van der Waals surface area contributed by atoms with Crippen molar-refractivity contribution < 1.29 is 19.0 Å². The number of carbonyl (C=O) groups is 1. The molecule has 0 saturated heterocycles. The minimum atomic E-state index is -0.465. The molecule has 0 spiro atoms. The van der Waals surface area contributed by atoms with Gasteiger partial charge >= 0.3 is 5.97 Å². The molecule has 0 aliphatic carbocycles. The predicted molar refractivity (Wildman–Crippen MR) is 132 cm³/mol. The highest BCUT2D eigenvalue weighted by atomic mass is 16.5. The number of methoxy groups -OCH3 is 2. The number of hydrogen-bond donors (Lipinski definition) is 0. The van der Waals surface area contributed by atoms with Gasteiger partial charge in [0.2, 0.25) is 0 Å². The third kappa shape index (κ3) is 5.12. The molecule has 1 atom stereocenters. The SMILES string of the molecule is COC=C(C(=O)OC)c1ccccc1COc1cccc(C2=NN(C)C(c3ccccc3)C2)c1. The summed E-state index contributed by atoms with van der Waals surface area (Å²) in [6.45, 7) is 0.288. The van der Waals surface area contributed by atoms with Crippen LogP contribution in [0.5, 0.6) is 5.75 Å². The van der Waals surface area contributed by atoms with Crippen LogP contribution in [0.15, 0.2) is 90.2 Å². The number of rotatable bonds is 8. The van der Waals surface area contributed by atoms with Crippen LogP contribution < -0.4 is 4.74 Å². The van der Waals surface area contributed by atoms with Crippen molar-refractivity contribution in [2.75, 3.05) is 21.3 Å². The maximum Gasteiger partial charge on any atom is 0.341 e. The average molecular weight is 457 g/mol. The average Bonchev–Trinajstić information content (AvgIpc) is 3.28. The van der Waals surface area contributed by atoms with E-state index in [1.165, 1.54) is 26.0 Å². The molecule has 0 radical (unpaired) electrons. The molecule has 0 saturated carbocycles. The lowest BCUT2D eigenvalue weighted by molar-refractivity contribution is -0.133. The predicted octanol–water partition coefficient (Wildman–Crippen LogP) is 5.21. The first-order chi connectivity index (χ1) is 16.6. The molecule has 1 aliphatic rings. The number of nitrogens with zero attached hydrogens (tertiary/aromatic N) is 2. The van der Waals surface area contributed by atoms with E-state index in [9.17, 15) is 4.79 Å². The highest BCUT2D eigenvalue weighted by molar-refractivity contribution is 6.16. The summed E-state index contributed by atoms with van der Waals surface area (Å²) in [5, 5.41) is 6.80. The van der Waals surface area contributed by atoms with Gasteiger partial charge in [-0.1, -0.05) is 66.7 Å². The topological polar surface area (TPSA) is 60.4 Å². The second kappa shape index (κ2) is 10.7. The van der Waals surface area contributed by atoms with E-state index in [1.807, 2.05) is 60.6 Å². The molecule has 6 heteroatoms. The molecular formula is C28H28N2O4. The molecule has 3 aromatic carbocycles. The zero-order chi connectivity index (χ0) is 23.9. The van der Waals surface area contributed by atoms with Crippen molar-refractivity contribution in [3.8, 4) is 5.75 Å². The van der Waals surface area contributed by atoms with Crippen molar-refractivity contribution in [3.05, 3.63) is 107 Å². The molecule has 0 bridgehead atoms. The number of hydrazone groups is 1. The molecule has 4 rings (SSSR count). The van der Waals surface area contributed by atoms with Crippen LogP contribution in [0.25, 0.3) is 5.57 Å². The Kier molecular flexibility index (Phi) is 7.28. The summed E-state index contributed by atoms with van der Waals surface area (Å²) in [6.07, 6.45) is 2.22. The number of esters is 1. The van der Waals surface area contributed by atoms with Gasteiger partial charge in [0.15, 0.2) is 0 Å². The summed E-state index contributed by atoms with van der Waals surface area (Å²) in [4.78, 5) is 12.2. The molecule has 0 aromatic heterocycles. The van der Waals surface area contributed by atoms with Gasteiger partial charge in [-0.25, -0.2) is 4.79 Å². The molecule has 1 unspecified atom stereocenters. The molecule has 1 aliphatic heterocycles. The van der Waals surface area contributed by atoms with E-state index in [0.717, 1.165) is 29.0 Å². The van der Waals surface area contributed by atoms with E-state index < -0.39 is 5.97 Å². The van der Waals surface area contributed by atoms with Crippen LogP contribution in [0.3, 0.4) is 0 Å². The molecule has 34 heavy (non-hydrogen) atoms. The number of hydrogen-bond acceptors (Lipinski definition) is 6. The zero-order valence-corrected chi connectivity index (χ0v) is 19.6. The molecule has 0 amide bonds. The van der Waals surface area contributed by atoms with Gasteiger partial charge in [-0.05, 0) is 28.8 Å². The monoisotopic (exact) mass is 456 g/mol. The minimum Gasteiger partial charge on any atom is -0.503 e. The molecular weight excluding hydrogens is 428 g/mol. The van der Waals surface area contributed by atoms with Crippen molar-refractivity contribution in [1.29, 1.82) is 0 Å². The Morgan fingerprint density at radius 2 is 1.79 bits per heavy atom. The van der Waals surface area contributed by atoms with Gasteiger partial charge in [-0.2, -0.15) is 5.10 Å². The minimum absolute atomic E-state index is 0.219. The second-order valence-corrected chi connectivity index (χ2v) is 7.98. The highest BCUT2D eigenvalue weighted by Gasteiger charge is 2.26.